The van der Waals surface area contributed by atoms with Crippen LogP contribution in [0.5, 0.6) is 0 Å². The van der Waals surface area contributed by atoms with Gasteiger partial charge in [0.25, 0.3) is 0 Å². The zero-order valence-corrected chi connectivity index (χ0v) is 14.5. The number of aromatic nitrogens is 1. The van der Waals surface area contributed by atoms with Crippen LogP contribution in [-0.2, 0) is 13.0 Å². The maximum absolute atomic E-state index is 6.07. The Hall–Kier alpha value is -2.42. The van der Waals surface area contributed by atoms with Crippen LogP contribution in [-0.4, -0.2) is 11.5 Å². The third kappa shape index (κ3) is 2.41. The summed E-state index contributed by atoms with van der Waals surface area (Å²) >= 11 is 6.07. The van der Waals surface area contributed by atoms with Crippen LogP contribution < -0.4 is 5.32 Å². The third-order valence-electron chi connectivity index (χ3n) is 5.06. The predicted molar refractivity (Wildman–Crippen MR) is 105 cm³/mol. The molecule has 1 aromatic heterocycles. The van der Waals surface area contributed by atoms with Crippen molar-refractivity contribution >= 4 is 33.3 Å². The van der Waals surface area contributed by atoms with Crippen LogP contribution in [0.25, 0.3) is 32.9 Å². The molecule has 2 heterocycles. The molecule has 0 saturated heterocycles. The minimum Gasteiger partial charge on any atom is -0.312 e. The summed E-state index contributed by atoms with van der Waals surface area (Å²) in [6.07, 6.45) is 1.03. The van der Waals surface area contributed by atoms with Gasteiger partial charge < -0.3 is 5.32 Å². The van der Waals surface area contributed by atoms with Crippen LogP contribution >= 0.6 is 11.6 Å². The van der Waals surface area contributed by atoms with Crippen molar-refractivity contribution in [2.45, 2.75) is 13.0 Å². The number of benzene rings is 3. The van der Waals surface area contributed by atoms with Crippen molar-refractivity contribution < 1.29 is 0 Å². The monoisotopic (exact) mass is 344 g/mol. The van der Waals surface area contributed by atoms with Gasteiger partial charge in [-0.15, -0.1) is 0 Å². The highest BCUT2D eigenvalue weighted by Gasteiger charge is 2.20. The largest absolute Gasteiger partial charge is 0.312 e. The molecule has 0 aliphatic carbocycles. The first-order chi connectivity index (χ1) is 12.3. The maximum Gasteiger partial charge on any atom is 0.0757 e. The summed E-state index contributed by atoms with van der Waals surface area (Å²) in [5.74, 6) is 0. The maximum atomic E-state index is 6.07. The lowest BCUT2D eigenvalue weighted by atomic mass is 9.90. The second-order valence-corrected chi connectivity index (χ2v) is 6.97. The SMILES string of the molecule is Clc1ccc(-c2nc3ccc4ccccc4c3c3c2CNCC3)cc1. The zero-order chi connectivity index (χ0) is 16.8. The molecule has 0 fully saturated rings. The lowest BCUT2D eigenvalue weighted by Crippen LogP contribution is -2.25. The zero-order valence-electron chi connectivity index (χ0n) is 13.7. The number of rotatable bonds is 1. The average Bonchev–Trinajstić information content (AvgIpc) is 2.67. The minimum absolute atomic E-state index is 0.752. The highest BCUT2D eigenvalue weighted by Crippen LogP contribution is 2.36. The summed E-state index contributed by atoms with van der Waals surface area (Å²) in [7, 11) is 0. The van der Waals surface area contributed by atoms with Crippen LogP contribution in [0.1, 0.15) is 11.1 Å². The van der Waals surface area contributed by atoms with Gasteiger partial charge in [0, 0.05) is 22.5 Å². The van der Waals surface area contributed by atoms with Gasteiger partial charge in [-0.25, -0.2) is 4.98 Å². The van der Waals surface area contributed by atoms with Crippen molar-refractivity contribution in [2.24, 2.45) is 0 Å². The van der Waals surface area contributed by atoms with E-state index in [1.165, 1.54) is 27.3 Å². The number of halogens is 1. The number of fused-ring (bicyclic) bond motifs is 5. The van der Waals surface area contributed by atoms with Crippen LogP contribution in [0.2, 0.25) is 5.02 Å². The van der Waals surface area contributed by atoms with Gasteiger partial charge in [0.1, 0.15) is 0 Å². The summed E-state index contributed by atoms with van der Waals surface area (Å²) in [6, 6.07) is 20.9. The summed E-state index contributed by atoms with van der Waals surface area (Å²) in [6.45, 7) is 1.87. The van der Waals surface area contributed by atoms with E-state index in [1.807, 2.05) is 12.1 Å². The van der Waals surface area contributed by atoms with Gasteiger partial charge in [0.05, 0.1) is 11.2 Å². The molecule has 3 heteroatoms. The molecule has 122 valence electrons. The summed E-state index contributed by atoms with van der Waals surface area (Å²) < 4.78 is 0. The molecule has 1 aliphatic heterocycles. The highest BCUT2D eigenvalue weighted by atomic mass is 35.5. The van der Waals surface area contributed by atoms with Crippen LogP contribution in [0, 0.1) is 0 Å². The topological polar surface area (TPSA) is 24.9 Å². The molecule has 0 amide bonds. The molecule has 0 spiro atoms. The van der Waals surface area contributed by atoms with E-state index in [9.17, 15) is 0 Å². The Kier molecular flexibility index (Phi) is 3.47. The van der Waals surface area contributed by atoms with Gasteiger partial charge in [-0.05, 0) is 53.1 Å². The second kappa shape index (κ2) is 5.83. The average molecular weight is 345 g/mol. The quantitative estimate of drug-likeness (QED) is 0.470. The minimum atomic E-state index is 0.752. The van der Waals surface area contributed by atoms with Crippen molar-refractivity contribution in [3.63, 3.8) is 0 Å². The molecule has 0 bridgehead atoms. The Bertz CT molecular complexity index is 1100. The Morgan fingerprint density at radius 2 is 1.72 bits per heavy atom. The van der Waals surface area contributed by atoms with Crippen LogP contribution in [0.4, 0.5) is 0 Å². The van der Waals surface area contributed by atoms with Crippen molar-refractivity contribution in [2.75, 3.05) is 6.54 Å². The van der Waals surface area contributed by atoms with Gasteiger partial charge in [-0.1, -0.05) is 54.1 Å². The van der Waals surface area contributed by atoms with Gasteiger partial charge >= 0.3 is 0 Å². The molecule has 2 nitrogen and oxygen atoms in total. The van der Waals surface area contributed by atoms with Crippen molar-refractivity contribution in [3.05, 3.63) is 76.8 Å². The highest BCUT2D eigenvalue weighted by molar-refractivity contribution is 6.30. The van der Waals surface area contributed by atoms with Gasteiger partial charge in [0.15, 0.2) is 0 Å². The molecule has 0 atom stereocenters. The van der Waals surface area contributed by atoms with E-state index >= 15 is 0 Å². The molecule has 25 heavy (non-hydrogen) atoms. The molecule has 5 rings (SSSR count). The van der Waals surface area contributed by atoms with Crippen molar-refractivity contribution in [1.82, 2.24) is 10.3 Å². The lowest BCUT2D eigenvalue weighted by Gasteiger charge is -2.23. The molecule has 1 N–H and O–H groups in total. The van der Waals surface area contributed by atoms with E-state index in [0.29, 0.717) is 0 Å². The number of hydrogen-bond acceptors (Lipinski definition) is 2. The Morgan fingerprint density at radius 1 is 0.880 bits per heavy atom. The lowest BCUT2D eigenvalue weighted by molar-refractivity contribution is 0.646. The van der Waals surface area contributed by atoms with E-state index < -0.39 is 0 Å². The molecular formula is C22H17ClN2. The van der Waals surface area contributed by atoms with Crippen LogP contribution in [0.3, 0.4) is 0 Å². The molecule has 0 saturated carbocycles. The fourth-order valence-electron chi connectivity index (χ4n) is 3.89. The summed E-state index contributed by atoms with van der Waals surface area (Å²) in [5.41, 5.74) is 6.02. The van der Waals surface area contributed by atoms with E-state index in [4.69, 9.17) is 16.6 Å². The standard InChI is InChI=1S/C22H17ClN2/c23-16-8-5-15(6-9-16)22-19-13-24-12-11-18(19)21-17-4-2-1-3-14(17)7-10-20(21)25-22/h1-10,24H,11-13H2. The fraction of sp³-hybridized carbons (Fsp3) is 0.136. The molecule has 3 aromatic carbocycles. The van der Waals surface area contributed by atoms with Crippen LogP contribution in [0.15, 0.2) is 60.7 Å². The summed E-state index contributed by atoms with van der Waals surface area (Å²) in [4.78, 5) is 5.06. The van der Waals surface area contributed by atoms with Gasteiger partial charge in [-0.3, -0.25) is 0 Å². The van der Waals surface area contributed by atoms with E-state index in [-0.39, 0.29) is 0 Å². The fourth-order valence-corrected chi connectivity index (χ4v) is 4.02. The smallest absolute Gasteiger partial charge is 0.0757 e. The first-order valence-electron chi connectivity index (χ1n) is 8.61. The van der Waals surface area contributed by atoms with E-state index in [1.54, 1.807) is 0 Å². The number of nitrogens with one attached hydrogen (secondary N) is 1. The molecule has 0 unspecified atom stereocenters. The first-order valence-corrected chi connectivity index (χ1v) is 8.99. The number of pyridine rings is 1. The molecule has 0 radical (unpaired) electrons. The Balaban J connectivity index is 1.89. The Labute approximate surface area is 151 Å². The molecule has 1 aliphatic rings. The van der Waals surface area contributed by atoms with E-state index in [2.05, 4.69) is 53.8 Å². The normalized spacial score (nSPS) is 14.0. The Morgan fingerprint density at radius 3 is 2.60 bits per heavy atom. The second-order valence-electron chi connectivity index (χ2n) is 6.53. The summed E-state index contributed by atoms with van der Waals surface area (Å²) in [5, 5.41) is 8.15. The molecular weight excluding hydrogens is 328 g/mol. The molecule has 4 aromatic rings. The first kappa shape index (κ1) is 14.9. The predicted octanol–water partition coefficient (Wildman–Crippen LogP) is 5.35. The van der Waals surface area contributed by atoms with E-state index in [0.717, 1.165) is 41.3 Å². The number of nitrogens with zero attached hydrogens (tertiary/aromatic N) is 1. The number of hydrogen-bond donors (Lipinski definition) is 1. The van der Waals surface area contributed by atoms with Crippen molar-refractivity contribution in [3.8, 4) is 11.3 Å². The van der Waals surface area contributed by atoms with Gasteiger partial charge in [-0.2, -0.15) is 0 Å². The third-order valence-corrected chi connectivity index (χ3v) is 5.31. The van der Waals surface area contributed by atoms with Gasteiger partial charge in [0.2, 0.25) is 0 Å². The van der Waals surface area contributed by atoms with Crippen molar-refractivity contribution in [1.29, 1.82) is 0 Å².